The summed E-state index contributed by atoms with van der Waals surface area (Å²) in [5.74, 6) is 0.647. The number of aliphatic hydroxyl groups excluding tert-OH is 1. The summed E-state index contributed by atoms with van der Waals surface area (Å²) in [6.07, 6.45) is 1.39. The monoisotopic (exact) mass is 253 g/mol. The molecule has 1 aromatic heterocycles. The Morgan fingerprint density at radius 3 is 2.83 bits per heavy atom. The van der Waals surface area contributed by atoms with Crippen molar-refractivity contribution in [3.63, 3.8) is 0 Å². The van der Waals surface area contributed by atoms with Crippen molar-refractivity contribution in [2.45, 2.75) is 46.1 Å². The van der Waals surface area contributed by atoms with Crippen molar-refractivity contribution in [3.05, 3.63) is 17.7 Å². The maximum atomic E-state index is 11.9. The highest BCUT2D eigenvalue weighted by Gasteiger charge is 2.26. The lowest BCUT2D eigenvalue weighted by atomic mass is 10.2. The molecule has 2 heterocycles. The molecule has 100 valence electrons. The predicted octanol–water partition coefficient (Wildman–Crippen LogP) is 1.13. The Bertz CT molecular complexity index is 448. The maximum absolute atomic E-state index is 11.9. The molecule has 1 aliphatic heterocycles. The average molecular weight is 253 g/mol. The lowest BCUT2D eigenvalue weighted by Gasteiger charge is -2.31. The van der Waals surface area contributed by atoms with Gasteiger partial charge in [0.1, 0.15) is 18.0 Å². The van der Waals surface area contributed by atoms with Gasteiger partial charge in [-0.3, -0.25) is 0 Å². The molecule has 6 heteroatoms. The van der Waals surface area contributed by atoms with Crippen LogP contribution in [0.2, 0.25) is 0 Å². The van der Waals surface area contributed by atoms with E-state index in [1.165, 1.54) is 0 Å². The zero-order valence-corrected chi connectivity index (χ0v) is 11.0. The van der Waals surface area contributed by atoms with Gasteiger partial charge in [-0.1, -0.05) is 0 Å². The maximum Gasteiger partial charge on any atom is 0.410 e. The molecule has 0 saturated heterocycles. The number of carbonyl (C=O) groups excluding carboxylic acids is 1. The number of imidazole rings is 1. The van der Waals surface area contributed by atoms with Gasteiger partial charge in [0.15, 0.2) is 0 Å². The van der Waals surface area contributed by atoms with Gasteiger partial charge in [0.2, 0.25) is 0 Å². The van der Waals surface area contributed by atoms with Gasteiger partial charge in [-0.15, -0.1) is 0 Å². The van der Waals surface area contributed by atoms with Crippen LogP contribution in [0.15, 0.2) is 6.20 Å². The Kier molecular flexibility index (Phi) is 3.30. The van der Waals surface area contributed by atoms with Crippen LogP contribution in [0.5, 0.6) is 0 Å². The van der Waals surface area contributed by atoms with E-state index in [4.69, 9.17) is 9.84 Å². The van der Waals surface area contributed by atoms with Crippen molar-refractivity contribution in [2.75, 3.05) is 6.54 Å². The lowest BCUT2D eigenvalue weighted by Crippen LogP contribution is -2.41. The number of amides is 1. The minimum absolute atomic E-state index is 0.0769. The molecule has 0 atom stereocenters. The molecule has 1 amide bonds. The Balaban J connectivity index is 2.06. The van der Waals surface area contributed by atoms with Crippen LogP contribution in [0.25, 0.3) is 0 Å². The molecule has 1 aliphatic rings. The topological polar surface area (TPSA) is 67.6 Å². The Morgan fingerprint density at radius 2 is 2.22 bits per heavy atom. The standard InChI is InChI=1S/C12H19N3O3/c1-12(2,3)18-11(17)14-4-5-15-9(7-14)6-13-10(15)8-16/h6,16H,4-5,7-8H2,1-3H3. The van der Waals surface area contributed by atoms with E-state index in [-0.39, 0.29) is 12.7 Å². The lowest BCUT2D eigenvalue weighted by molar-refractivity contribution is 0.0197. The number of aliphatic hydroxyl groups is 1. The molecule has 0 bridgehead atoms. The van der Waals surface area contributed by atoms with Gasteiger partial charge < -0.3 is 19.3 Å². The van der Waals surface area contributed by atoms with E-state index in [1.807, 2.05) is 25.3 Å². The van der Waals surface area contributed by atoms with Crippen molar-refractivity contribution >= 4 is 6.09 Å². The van der Waals surface area contributed by atoms with E-state index in [2.05, 4.69) is 4.98 Å². The van der Waals surface area contributed by atoms with Crippen LogP contribution >= 0.6 is 0 Å². The third-order valence-corrected chi connectivity index (χ3v) is 2.76. The normalized spacial score (nSPS) is 15.4. The fourth-order valence-electron chi connectivity index (χ4n) is 1.96. The molecule has 0 aliphatic carbocycles. The first-order chi connectivity index (χ1) is 8.40. The molecular formula is C12H19N3O3. The Hall–Kier alpha value is -1.56. The highest BCUT2D eigenvalue weighted by molar-refractivity contribution is 5.68. The fraction of sp³-hybridized carbons (Fsp3) is 0.667. The quantitative estimate of drug-likeness (QED) is 0.814. The number of ether oxygens (including phenoxy) is 1. The van der Waals surface area contributed by atoms with Crippen molar-refractivity contribution in [2.24, 2.45) is 0 Å². The molecule has 1 N–H and O–H groups in total. The molecule has 0 radical (unpaired) electrons. The zero-order chi connectivity index (χ0) is 13.3. The molecular weight excluding hydrogens is 234 g/mol. The van der Waals surface area contributed by atoms with Crippen molar-refractivity contribution in [1.29, 1.82) is 0 Å². The fourth-order valence-corrected chi connectivity index (χ4v) is 1.96. The minimum atomic E-state index is -0.481. The molecule has 6 nitrogen and oxygen atoms in total. The van der Waals surface area contributed by atoms with Crippen molar-refractivity contribution < 1.29 is 14.6 Å². The second-order valence-corrected chi connectivity index (χ2v) is 5.38. The third kappa shape index (κ3) is 2.64. The van der Waals surface area contributed by atoms with E-state index in [0.717, 1.165) is 5.69 Å². The second-order valence-electron chi connectivity index (χ2n) is 5.38. The number of nitrogens with zero attached hydrogens (tertiary/aromatic N) is 3. The number of rotatable bonds is 1. The molecule has 2 rings (SSSR count). The van der Waals surface area contributed by atoms with Gasteiger partial charge in [-0.05, 0) is 20.8 Å². The summed E-state index contributed by atoms with van der Waals surface area (Å²) in [6.45, 7) is 7.17. The summed E-state index contributed by atoms with van der Waals surface area (Å²) in [5.41, 5.74) is 0.446. The first kappa shape index (κ1) is 12.9. The molecule has 1 aromatic rings. The summed E-state index contributed by atoms with van der Waals surface area (Å²) in [5, 5.41) is 9.12. The van der Waals surface area contributed by atoms with E-state index in [0.29, 0.717) is 25.5 Å². The Morgan fingerprint density at radius 1 is 1.50 bits per heavy atom. The van der Waals surface area contributed by atoms with Gasteiger partial charge >= 0.3 is 6.09 Å². The molecule has 18 heavy (non-hydrogen) atoms. The van der Waals surface area contributed by atoms with E-state index >= 15 is 0 Å². The molecule has 0 aromatic carbocycles. The number of carbonyl (C=O) groups is 1. The molecule has 0 unspecified atom stereocenters. The molecule has 0 spiro atoms. The first-order valence-corrected chi connectivity index (χ1v) is 6.03. The SMILES string of the molecule is CC(C)(C)OC(=O)N1CCn2c(cnc2CO)C1. The van der Waals surface area contributed by atoms with E-state index < -0.39 is 5.60 Å². The van der Waals surface area contributed by atoms with Crippen LogP contribution in [0.3, 0.4) is 0 Å². The van der Waals surface area contributed by atoms with E-state index in [1.54, 1.807) is 11.1 Å². The largest absolute Gasteiger partial charge is 0.444 e. The van der Waals surface area contributed by atoms with Gasteiger partial charge in [-0.2, -0.15) is 0 Å². The number of fused-ring (bicyclic) bond motifs is 1. The van der Waals surface area contributed by atoms with Gasteiger partial charge in [0, 0.05) is 13.1 Å². The van der Waals surface area contributed by atoms with Gasteiger partial charge in [0.25, 0.3) is 0 Å². The smallest absolute Gasteiger partial charge is 0.410 e. The average Bonchev–Trinajstić information content (AvgIpc) is 2.68. The molecule has 0 saturated carbocycles. The highest BCUT2D eigenvalue weighted by atomic mass is 16.6. The van der Waals surface area contributed by atoms with Gasteiger partial charge in [-0.25, -0.2) is 9.78 Å². The molecule has 0 fully saturated rings. The summed E-state index contributed by atoms with van der Waals surface area (Å²) >= 11 is 0. The zero-order valence-electron chi connectivity index (χ0n) is 11.0. The first-order valence-electron chi connectivity index (χ1n) is 6.03. The third-order valence-electron chi connectivity index (χ3n) is 2.76. The minimum Gasteiger partial charge on any atom is -0.444 e. The van der Waals surface area contributed by atoms with Crippen molar-refractivity contribution in [1.82, 2.24) is 14.5 Å². The second kappa shape index (κ2) is 4.61. The van der Waals surface area contributed by atoms with Crippen LogP contribution < -0.4 is 0 Å². The van der Waals surface area contributed by atoms with Crippen LogP contribution in [0.4, 0.5) is 4.79 Å². The van der Waals surface area contributed by atoms with Crippen LogP contribution in [-0.2, 0) is 24.4 Å². The van der Waals surface area contributed by atoms with E-state index in [9.17, 15) is 4.79 Å². The summed E-state index contributed by atoms with van der Waals surface area (Å²) in [7, 11) is 0. The van der Waals surface area contributed by atoms with Crippen LogP contribution in [0, 0.1) is 0 Å². The van der Waals surface area contributed by atoms with Crippen LogP contribution in [0.1, 0.15) is 32.3 Å². The summed E-state index contributed by atoms with van der Waals surface area (Å²) in [6, 6.07) is 0. The summed E-state index contributed by atoms with van der Waals surface area (Å²) in [4.78, 5) is 17.7. The van der Waals surface area contributed by atoms with Crippen molar-refractivity contribution in [3.8, 4) is 0 Å². The summed E-state index contributed by atoms with van der Waals surface area (Å²) < 4.78 is 7.28. The number of aromatic nitrogens is 2. The Labute approximate surface area is 106 Å². The predicted molar refractivity (Wildman–Crippen MR) is 64.8 cm³/mol. The number of hydrogen-bond acceptors (Lipinski definition) is 4. The number of hydrogen-bond donors (Lipinski definition) is 1. The highest BCUT2D eigenvalue weighted by Crippen LogP contribution is 2.17. The van der Waals surface area contributed by atoms with Gasteiger partial charge in [0.05, 0.1) is 18.4 Å². The van der Waals surface area contributed by atoms with Crippen LogP contribution in [-0.4, -0.2) is 37.8 Å².